The summed E-state index contributed by atoms with van der Waals surface area (Å²) in [6.45, 7) is 2.07. The molecule has 0 amide bonds. The molecule has 0 aliphatic heterocycles. The van der Waals surface area contributed by atoms with Gasteiger partial charge in [0.25, 0.3) is 0 Å². The zero-order valence-electron chi connectivity index (χ0n) is 18.8. The van der Waals surface area contributed by atoms with Crippen molar-refractivity contribution < 1.29 is 24.4 Å². The highest BCUT2D eigenvalue weighted by molar-refractivity contribution is 7.99. The van der Waals surface area contributed by atoms with Gasteiger partial charge in [0.1, 0.15) is 12.2 Å². The van der Waals surface area contributed by atoms with E-state index >= 15 is 0 Å². The van der Waals surface area contributed by atoms with Gasteiger partial charge in [0.05, 0.1) is 19.3 Å². The number of benzene rings is 1. The third-order valence-electron chi connectivity index (χ3n) is 6.39. The average molecular weight is 491 g/mol. The van der Waals surface area contributed by atoms with E-state index in [1.54, 1.807) is 6.07 Å². The summed E-state index contributed by atoms with van der Waals surface area (Å²) in [6, 6.07) is 4.38. The normalized spacial score (nSPS) is 28.4. The molecule has 12 heteroatoms. The average Bonchev–Trinajstić information content (AvgIpc) is 3.39. The minimum Gasteiger partial charge on any atom is -0.494 e. The summed E-state index contributed by atoms with van der Waals surface area (Å²) in [5, 5.41) is 42.8. The van der Waals surface area contributed by atoms with Gasteiger partial charge in [-0.05, 0) is 30.5 Å². The molecule has 34 heavy (non-hydrogen) atoms. The second kappa shape index (κ2) is 9.25. The molecule has 2 saturated carbocycles. The van der Waals surface area contributed by atoms with Crippen LogP contribution in [0.15, 0.2) is 23.4 Å². The van der Waals surface area contributed by atoms with Crippen molar-refractivity contribution in [3.63, 3.8) is 0 Å². The number of aliphatic hydroxyl groups excluding tert-OH is 3. The van der Waals surface area contributed by atoms with E-state index in [0.29, 0.717) is 22.1 Å². The lowest BCUT2D eigenvalue weighted by Gasteiger charge is -2.16. The van der Waals surface area contributed by atoms with Crippen LogP contribution in [0, 0.1) is 5.82 Å². The van der Waals surface area contributed by atoms with E-state index in [4.69, 9.17) is 4.74 Å². The number of aromatic nitrogens is 5. The lowest BCUT2D eigenvalue weighted by Crippen LogP contribution is -2.31. The van der Waals surface area contributed by atoms with E-state index in [-0.39, 0.29) is 24.1 Å². The lowest BCUT2D eigenvalue weighted by molar-refractivity contribution is -0.0253. The summed E-state index contributed by atoms with van der Waals surface area (Å²) < 4.78 is 20.6. The van der Waals surface area contributed by atoms with Crippen LogP contribution in [-0.2, 0) is 0 Å². The molecular weight excluding hydrogens is 463 g/mol. The molecule has 182 valence electrons. The zero-order chi connectivity index (χ0) is 24.0. The molecule has 0 bridgehead atoms. The quantitative estimate of drug-likeness (QED) is 0.273. The largest absolute Gasteiger partial charge is 0.494 e. The van der Waals surface area contributed by atoms with Crippen molar-refractivity contribution >= 4 is 28.7 Å². The van der Waals surface area contributed by atoms with Crippen molar-refractivity contribution in [1.82, 2.24) is 25.0 Å². The molecule has 2 aliphatic rings. The topological polar surface area (TPSA) is 138 Å². The Morgan fingerprint density at radius 1 is 1.21 bits per heavy atom. The Bertz CT molecular complexity index is 1200. The molecular formula is C22H27FN6O4S. The van der Waals surface area contributed by atoms with Crippen LogP contribution in [0.1, 0.15) is 43.7 Å². The number of rotatable bonds is 8. The van der Waals surface area contributed by atoms with Gasteiger partial charge in [-0.15, -0.1) is 5.10 Å². The lowest BCUT2D eigenvalue weighted by atomic mass is 10.1. The van der Waals surface area contributed by atoms with Gasteiger partial charge in [-0.2, -0.15) is 0 Å². The number of hydrogen-bond acceptors (Lipinski definition) is 10. The van der Waals surface area contributed by atoms with E-state index < -0.39 is 30.2 Å². The van der Waals surface area contributed by atoms with E-state index in [1.807, 2.05) is 6.07 Å². The van der Waals surface area contributed by atoms with Crippen LogP contribution in [0.4, 0.5) is 10.2 Å². The molecule has 1 aromatic carbocycles. The van der Waals surface area contributed by atoms with Gasteiger partial charge in [-0.25, -0.2) is 19.0 Å². The number of hydrogen-bond donors (Lipinski definition) is 4. The van der Waals surface area contributed by atoms with E-state index in [1.165, 1.54) is 29.6 Å². The fraction of sp³-hybridized carbons (Fsp3) is 0.545. The van der Waals surface area contributed by atoms with Gasteiger partial charge in [0.2, 0.25) is 0 Å². The maximum Gasteiger partial charge on any atom is 0.191 e. The van der Waals surface area contributed by atoms with Crippen molar-refractivity contribution in [3.8, 4) is 5.75 Å². The number of anilines is 1. The van der Waals surface area contributed by atoms with Gasteiger partial charge >= 0.3 is 0 Å². The Kier molecular flexibility index (Phi) is 6.32. The Morgan fingerprint density at radius 2 is 2.03 bits per heavy atom. The summed E-state index contributed by atoms with van der Waals surface area (Å²) in [5.41, 5.74) is 1.74. The minimum atomic E-state index is -1.25. The summed E-state index contributed by atoms with van der Waals surface area (Å²) in [6.07, 6.45) is -1.60. The standard InChI is InChI=1S/C22H27FN6O4S/c1-3-6-34-22-25-20(24-13-8-11(13)10-4-5-16(33-2)12(23)7-10)17-21(26-22)29(28-27-17)14-9-15(30)19(32)18(14)31/h4-5,7,11,13-15,18-19,30-32H,3,6,8-9H2,1-2H3,(H,24,25,26). The number of nitrogens with zero attached hydrogens (tertiary/aromatic N) is 5. The first-order valence-electron chi connectivity index (χ1n) is 11.3. The van der Waals surface area contributed by atoms with Gasteiger partial charge < -0.3 is 25.4 Å². The Hall–Kier alpha value is -2.54. The molecule has 5 rings (SSSR count). The monoisotopic (exact) mass is 490 g/mol. The van der Waals surface area contributed by atoms with Crippen LogP contribution in [-0.4, -0.2) is 77.5 Å². The molecule has 6 atom stereocenters. The predicted molar refractivity (Wildman–Crippen MR) is 124 cm³/mol. The third-order valence-corrected chi connectivity index (χ3v) is 7.44. The first-order valence-corrected chi connectivity index (χ1v) is 12.3. The van der Waals surface area contributed by atoms with E-state index in [0.717, 1.165) is 24.2 Å². The number of thioether (sulfide) groups is 1. The highest BCUT2D eigenvalue weighted by Crippen LogP contribution is 2.44. The van der Waals surface area contributed by atoms with Crippen molar-refractivity contribution in [3.05, 3.63) is 29.6 Å². The van der Waals surface area contributed by atoms with Crippen LogP contribution in [0.2, 0.25) is 0 Å². The first-order chi connectivity index (χ1) is 16.4. The van der Waals surface area contributed by atoms with Crippen molar-refractivity contribution in [1.29, 1.82) is 0 Å². The van der Waals surface area contributed by atoms with Crippen molar-refractivity contribution in [2.45, 2.75) is 67.7 Å². The molecule has 2 aromatic heterocycles. The zero-order valence-corrected chi connectivity index (χ0v) is 19.6. The van der Waals surface area contributed by atoms with Gasteiger partial charge in [0, 0.05) is 24.1 Å². The molecule has 6 unspecified atom stereocenters. The first kappa shape index (κ1) is 23.2. The Balaban J connectivity index is 1.44. The van der Waals surface area contributed by atoms with Crippen LogP contribution in [0.3, 0.4) is 0 Å². The molecule has 0 spiro atoms. The molecule has 2 aliphatic carbocycles. The summed E-state index contributed by atoms with van der Waals surface area (Å²) in [4.78, 5) is 9.26. The van der Waals surface area contributed by atoms with Gasteiger partial charge in [-0.3, -0.25) is 0 Å². The molecule has 2 heterocycles. The third kappa shape index (κ3) is 4.19. The number of aliphatic hydroxyl groups is 3. The number of nitrogens with one attached hydrogen (secondary N) is 1. The van der Waals surface area contributed by atoms with Gasteiger partial charge in [0.15, 0.2) is 33.7 Å². The molecule has 10 nitrogen and oxygen atoms in total. The van der Waals surface area contributed by atoms with Crippen LogP contribution < -0.4 is 10.1 Å². The maximum absolute atomic E-state index is 14.2. The maximum atomic E-state index is 14.2. The Morgan fingerprint density at radius 3 is 2.71 bits per heavy atom. The smallest absolute Gasteiger partial charge is 0.191 e. The molecule has 0 saturated heterocycles. The SMILES string of the molecule is CCCSc1nc(NC2CC2c2ccc(OC)c(F)c2)c2nnn(C3CC(O)C(O)C3O)c2n1. The second-order valence-electron chi connectivity index (χ2n) is 8.75. The van der Waals surface area contributed by atoms with E-state index in [9.17, 15) is 19.7 Å². The molecule has 4 N–H and O–H groups in total. The predicted octanol–water partition coefficient (Wildman–Crippen LogP) is 1.87. The number of methoxy groups -OCH3 is 1. The van der Waals surface area contributed by atoms with Crippen LogP contribution >= 0.6 is 11.8 Å². The van der Waals surface area contributed by atoms with Crippen LogP contribution in [0.5, 0.6) is 5.75 Å². The minimum absolute atomic E-state index is 0.0424. The fourth-order valence-electron chi connectivity index (χ4n) is 4.43. The van der Waals surface area contributed by atoms with E-state index in [2.05, 4.69) is 32.5 Å². The van der Waals surface area contributed by atoms with Crippen molar-refractivity contribution in [2.24, 2.45) is 0 Å². The number of fused-ring (bicyclic) bond motifs is 1. The second-order valence-corrected chi connectivity index (χ2v) is 9.81. The molecule has 2 fully saturated rings. The molecule has 3 aromatic rings. The highest BCUT2D eigenvalue weighted by atomic mass is 32.2. The Labute approximate surface area is 199 Å². The number of halogens is 1. The van der Waals surface area contributed by atoms with Gasteiger partial charge in [-0.1, -0.05) is 30.0 Å². The number of ether oxygens (including phenoxy) is 1. The summed E-state index contributed by atoms with van der Waals surface area (Å²) in [7, 11) is 1.44. The fourth-order valence-corrected chi connectivity index (χ4v) is 5.12. The summed E-state index contributed by atoms with van der Waals surface area (Å²) >= 11 is 1.50. The van der Waals surface area contributed by atoms with Crippen molar-refractivity contribution in [2.75, 3.05) is 18.2 Å². The highest BCUT2D eigenvalue weighted by Gasteiger charge is 2.44. The van der Waals surface area contributed by atoms with Crippen LogP contribution in [0.25, 0.3) is 11.2 Å². The summed E-state index contributed by atoms with van der Waals surface area (Å²) in [5.74, 6) is 1.28. The molecule has 0 radical (unpaired) electrons.